The maximum absolute atomic E-state index is 12.8. The standard InChI is InChI=1S/C25H23N3O7/c29-12-14-7-8-26(22(30)9-14)15-5-6-18-20(10-15)34-13-19-21(35-25(33)28(18)19)11-27-23(31)16-3-1-2-4-17(16)24(27)32/h1-6,10,14,19,21,29H,7-9,11-13H2/t14-,19+,21+/m1/s1. The van der Waals surface area contributed by atoms with Gasteiger partial charge in [-0.05, 0) is 36.6 Å². The quantitative estimate of drug-likeness (QED) is 0.668. The van der Waals surface area contributed by atoms with Gasteiger partial charge in [0.25, 0.3) is 11.8 Å². The van der Waals surface area contributed by atoms with Gasteiger partial charge in [-0.3, -0.25) is 24.2 Å². The van der Waals surface area contributed by atoms with Crippen LogP contribution in [0, 0.1) is 5.92 Å². The van der Waals surface area contributed by atoms with Crippen LogP contribution in [0.15, 0.2) is 42.5 Å². The first-order valence-corrected chi connectivity index (χ1v) is 11.6. The number of imide groups is 1. The zero-order valence-corrected chi connectivity index (χ0v) is 18.8. The first-order chi connectivity index (χ1) is 17.0. The highest BCUT2D eigenvalue weighted by Crippen LogP contribution is 2.42. The highest BCUT2D eigenvalue weighted by Gasteiger charge is 2.49. The second kappa shape index (κ2) is 8.09. The van der Waals surface area contributed by atoms with Gasteiger partial charge in [0.05, 0.1) is 23.4 Å². The van der Waals surface area contributed by atoms with Gasteiger partial charge >= 0.3 is 6.09 Å². The third-order valence-electron chi connectivity index (χ3n) is 7.16. The van der Waals surface area contributed by atoms with Gasteiger partial charge in [-0.1, -0.05) is 12.1 Å². The molecule has 0 unspecified atom stereocenters. The van der Waals surface area contributed by atoms with Crippen molar-refractivity contribution in [3.63, 3.8) is 0 Å². The fourth-order valence-electron chi connectivity index (χ4n) is 5.25. The Balaban J connectivity index is 1.21. The SMILES string of the molecule is O=C1c2ccccc2C(=O)N1C[C@@H]1OC(=O)N2c3ccc(N4CC[C@@H](CO)CC4=O)cc3OC[C@@H]12. The summed E-state index contributed by atoms with van der Waals surface area (Å²) in [6, 6.07) is 11.3. The summed E-state index contributed by atoms with van der Waals surface area (Å²) in [6.07, 6.45) is -0.320. The van der Waals surface area contributed by atoms with Crippen molar-refractivity contribution < 1.29 is 33.8 Å². The van der Waals surface area contributed by atoms with Crippen LogP contribution in [-0.4, -0.2) is 72.3 Å². The molecule has 0 aromatic heterocycles. The number of aliphatic hydroxyl groups is 1. The lowest BCUT2D eigenvalue weighted by Crippen LogP contribution is -2.49. The fraction of sp³-hybridized carbons (Fsp3) is 0.360. The molecule has 10 nitrogen and oxygen atoms in total. The number of rotatable bonds is 4. The summed E-state index contributed by atoms with van der Waals surface area (Å²) in [6.45, 7) is 0.549. The van der Waals surface area contributed by atoms with E-state index in [4.69, 9.17) is 9.47 Å². The van der Waals surface area contributed by atoms with Gasteiger partial charge in [0.15, 0.2) is 0 Å². The van der Waals surface area contributed by atoms with Crippen molar-refractivity contribution in [2.24, 2.45) is 5.92 Å². The predicted molar refractivity (Wildman–Crippen MR) is 122 cm³/mol. The van der Waals surface area contributed by atoms with E-state index in [0.29, 0.717) is 41.2 Å². The summed E-state index contributed by atoms with van der Waals surface area (Å²) in [5.74, 6) is -0.445. The van der Waals surface area contributed by atoms with Crippen molar-refractivity contribution in [3.05, 3.63) is 53.6 Å². The zero-order chi connectivity index (χ0) is 24.3. The summed E-state index contributed by atoms with van der Waals surface area (Å²) in [4.78, 5) is 55.2. The molecule has 0 radical (unpaired) electrons. The van der Waals surface area contributed by atoms with E-state index in [1.165, 1.54) is 4.90 Å². The summed E-state index contributed by atoms with van der Waals surface area (Å²) in [5.41, 5.74) is 1.86. The van der Waals surface area contributed by atoms with Crippen LogP contribution in [0.25, 0.3) is 0 Å². The number of ether oxygens (including phenoxy) is 2. The fourth-order valence-corrected chi connectivity index (χ4v) is 5.25. The van der Waals surface area contributed by atoms with Gasteiger partial charge in [-0.25, -0.2) is 4.79 Å². The van der Waals surface area contributed by atoms with Crippen LogP contribution in [0.4, 0.5) is 16.2 Å². The molecule has 0 saturated carbocycles. The Morgan fingerprint density at radius 2 is 1.74 bits per heavy atom. The summed E-state index contributed by atoms with van der Waals surface area (Å²) in [7, 11) is 0. The van der Waals surface area contributed by atoms with Crippen LogP contribution in [0.2, 0.25) is 0 Å². The molecule has 0 spiro atoms. The van der Waals surface area contributed by atoms with E-state index in [2.05, 4.69) is 0 Å². The number of carbonyl (C=O) groups is 4. The number of hydrogen-bond donors (Lipinski definition) is 1. The van der Waals surface area contributed by atoms with Crippen LogP contribution < -0.4 is 14.5 Å². The third kappa shape index (κ3) is 3.35. The second-order valence-electron chi connectivity index (χ2n) is 9.18. The Morgan fingerprint density at radius 1 is 1.00 bits per heavy atom. The number of nitrogens with zero attached hydrogens (tertiary/aromatic N) is 3. The summed E-state index contributed by atoms with van der Waals surface area (Å²) in [5, 5.41) is 9.34. The number of cyclic esters (lactones) is 1. The van der Waals surface area contributed by atoms with Crippen LogP contribution in [-0.2, 0) is 9.53 Å². The Hall–Kier alpha value is -3.92. The highest BCUT2D eigenvalue weighted by molar-refractivity contribution is 6.21. The van der Waals surface area contributed by atoms with E-state index in [-0.39, 0.29) is 38.0 Å². The van der Waals surface area contributed by atoms with Crippen molar-refractivity contribution >= 4 is 35.2 Å². The molecule has 3 atom stereocenters. The van der Waals surface area contributed by atoms with Crippen LogP contribution in [0.5, 0.6) is 5.75 Å². The third-order valence-corrected chi connectivity index (χ3v) is 7.16. The zero-order valence-electron chi connectivity index (χ0n) is 18.8. The second-order valence-corrected chi connectivity index (χ2v) is 9.18. The number of carbonyl (C=O) groups excluding carboxylic acids is 4. The highest BCUT2D eigenvalue weighted by atomic mass is 16.6. The molecule has 6 rings (SSSR count). The van der Waals surface area contributed by atoms with Gasteiger partial charge in [0.2, 0.25) is 5.91 Å². The largest absolute Gasteiger partial charge is 0.489 e. The Bertz CT molecular complexity index is 1230. The maximum atomic E-state index is 12.8. The molecule has 4 amide bonds. The lowest BCUT2D eigenvalue weighted by atomic mass is 9.96. The van der Waals surface area contributed by atoms with Gasteiger partial charge < -0.3 is 19.5 Å². The molecule has 35 heavy (non-hydrogen) atoms. The van der Waals surface area contributed by atoms with Gasteiger partial charge in [0, 0.05) is 31.3 Å². The molecule has 2 fully saturated rings. The predicted octanol–water partition coefficient (Wildman–Crippen LogP) is 1.80. The number of hydrogen-bond acceptors (Lipinski definition) is 7. The van der Waals surface area contributed by atoms with E-state index in [9.17, 15) is 24.3 Å². The molecular formula is C25H23N3O7. The molecule has 10 heteroatoms. The molecule has 2 saturated heterocycles. The molecule has 4 aliphatic rings. The van der Waals surface area contributed by atoms with Crippen LogP contribution in [0.1, 0.15) is 33.6 Å². The minimum atomic E-state index is -0.739. The van der Waals surface area contributed by atoms with E-state index in [0.717, 1.165) is 4.90 Å². The monoisotopic (exact) mass is 477 g/mol. The first-order valence-electron chi connectivity index (χ1n) is 11.6. The molecule has 2 aromatic rings. The molecule has 1 N–H and O–H groups in total. The van der Waals surface area contributed by atoms with E-state index in [1.807, 2.05) is 0 Å². The van der Waals surface area contributed by atoms with Gasteiger partial charge in [0.1, 0.15) is 24.5 Å². The Morgan fingerprint density at radius 3 is 2.43 bits per heavy atom. The van der Waals surface area contributed by atoms with Crippen molar-refractivity contribution in [2.45, 2.75) is 25.0 Å². The van der Waals surface area contributed by atoms with Crippen molar-refractivity contribution in [3.8, 4) is 5.75 Å². The Kier molecular flexibility index (Phi) is 4.99. The summed E-state index contributed by atoms with van der Waals surface area (Å²) < 4.78 is 11.5. The molecule has 0 aliphatic carbocycles. The number of fused-ring (bicyclic) bond motifs is 4. The molecular weight excluding hydrogens is 454 g/mol. The van der Waals surface area contributed by atoms with Crippen LogP contribution in [0.3, 0.4) is 0 Å². The lowest BCUT2D eigenvalue weighted by molar-refractivity contribution is -0.121. The van der Waals surface area contributed by atoms with E-state index >= 15 is 0 Å². The summed E-state index contributed by atoms with van der Waals surface area (Å²) >= 11 is 0. The molecule has 0 bridgehead atoms. The number of anilines is 2. The smallest absolute Gasteiger partial charge is 0.415 e. The normalized spacial score (nSPS) is 25.3. The molecule has 180 valence electrons. The van der Waals surface area contributed by atoms with Gasteiger partial charge in [-0.2, -0.15) is 0 Å². The molecule has 4 heterocycles. The number of amides is 4. The molecule has 2 aromatic carbocycles. The Labute approximate surface area is 200 Å². The van der Waals surface area contributed by atoms with Crippen LogP contribution >= 0.6 is 0 Å². The average molecular weight is 477 g/mol. The topological polar surface area (TPSA) is 117 Å². The molecule has 4 aliphatic heterocycles. The number of piperidine rings is 1. The van der Waals surface area contributed by atoms with E-state index in [1.54, 1.807) is 47.4 Å². The minimum absolute atomic E-state index is 0.00673. The van der Waals surface area contributed by atoms with Gasteiger partial charge in [-0.15, -0.1) is 0 Å². The lowest BCUT2D eigenvalue weighted by Gasteiger charge is -2.34. The first kappa shape index (κ1) is 21.6. The minimum Gasteiger partial charge on any atom is -0.489 e. The van der Waals surface area contributed by atoms with Crippen molar-refractivity contribution in [1.29, 1.82) is 0 Å². The average Bonchev–Trinajstić information content (AvgIpc) is 3.32. The van der Waals surface area contributed by atoms with E-state index < -0.39 is 30.1 Å². The number of benzene rings is 2. The maximum Gasteiger partial charge on any atom is 0.415 e. The van der Waals surface area contributed by atoms with Crippen molar-refractivity contribution in [1.82, 2.24) is 4.90 Å². The number of aliphatic hydroxyl groups excluding tert-OH is 1. The van der Waals surface area contributed by atoms with Crippen molar-refractivity contribution in [2.75, 3.05) is 36.1 Å².